The van der Waals surface area contributed by atoms with Crippen LogP contribution in [0.2, 0.25) is 0 Å². The van der Waals surface area contributed by atoms with Crippen LogP contribution < -0.4 is 0 Å². The van der Waals surface area contributed by atoms with E-state index in [1.165, 1.54) is 37.9 Å². The van der Waals surface area contributed by atoms with Gasteiger partial charge in [-0.1, -0.05) is 32.1 Å². The highest BCUT2D eigenvalue weighted by Gasteiger charge is 2.56. The van der Waals surface area contributed by atoms with Gasteiger partial charge in [-0.2, -0.15) is 0 Å². The van der Waals surface area contributed by atoms with Gasteiger partial charge in [-0.3, -0.25) is 0 Å². The van der Waals surface area contributed by atoms with Crippen molar-refractivity contribution in [1.29, 1.82) is 0 Å². The molecule has 0 bridgehead atoms. The molecule has 0 spiro atoms. The lowest BCUT2D eigenvalue weighted by Gasteiger charge is -2.52. The molecule has 4 aliphatic rings. The maximum Gasteiger partial charge on any atom is 0.0958 e. The van der Waals surface area contributed by atoms with Crippen molar-refractivity contribution in [3.8, 4) is 0 Å². The van der Waals surface area contributed by atoms with Crippen molar-refractivity contribution >= 4 is 0 Å². The van der Waals surface area contributed by atoms with Crippen molar-refractivity contribution < 1.29 is 4.74 Å². The SMILES string of the molecule is C/C=C\C1C(C)CC2C3CC=C4C=C(OC)CCC4C3CCC12C. The van der Waals surface area contributed by atoms with E-state index in [2.05, 4.69) is 45.1 Å². The number of hydrogen-bond acceptors (Lipinski definition) is 1. The second kappa shape index (κ2) is 6.07. The molecule has 132 valence electrons. The van der Waals surface area contributed by atoms with Gasteiger partial charge in [0.25, 0.3) is 0 Å². The zero-order chi connectivity index (χ0) is 16.9. The van der Waals surface area contributed by atoms with Gasteiger partial charge in [0.2, 0.25) is 0 Å². The number of hydrogen-bond donors (Lipinski definition) is 0. The molecule has 0 N–H and O–H groups in total. The molecule has 24 heavy (non-hydrogen) atoms. The van der Waals surface area contributed by atoms with E-state index >= 15 is 0 Å². The molecule has 0 aromatic carbocycles. The molecule has 1 heteroatoms. The van der Waals surface area contributed by atoms with Crippen molar-refractivity contribution in [2.45, 2.75) is 59.3 Å². The van der Waals surface area contributed by atoms with Crippen molar-refractivity contribution in [2.24, 2.45) is 40.9 Å². The summed E-state index contributed by atoms with van der Waals surface area (Å²) in [6.07, 6.45) is 17.8. The summed E-state index contributed by atoms with van der Waals surface area (Å²) in [4.78, 5) is 0. The average molecular weight is 327 g/mol. The number of fused-ring (bicyclic) bond motifs is 5. The highest BCUT2D eigenvalue weighted by Crippen LogP contribution is 2.64. The molecular weight excluding hydrogens is 292 g/mol. The lowest BCUT2D eigenvalue weighted by atomic mass is 9.52. The first-order valence-electron chi connectivity index (χ1n) is 10.2. The highest BCUT2D eigenvalue weighted by molar-refractivity contribution is 5.31. The molecule has 0 aliphatic heterocycles. The van der Waals surface area contributed by atoms with E-state index in [-0.39, 0.29) is 0 Å². The Morgan fingerprint density at radius 2 is 2.08 bits per heavy atom. The second-order valence-electron chi connectivity index (χ2n) is 9.14. The standard InChI is InChI=1S/C23H34O/c1-5-6-21-15(2)13-22-20-9-7-16-14-17(24-4)8-10-18(16)19(20)11-12-23(21,22)3/h5-7,14-15,18-22H,8-13H2,1-4H3/b6-5-. The first kappa shape index (κ1) is 16.5. The van der Waals surface area contributed by atoms with Crippen LogP contribution in [0, 0.1) is 40.9 Å². The summed E-state index contributed by atoms with van der Waals surface area (Å²) in [5.41, 5.74) is 2.14. The lowest BCUT2D eigenvalue weighted by molar-refractivity contribution is -0.00135. The van der Waals surface area contributed by atoms with Crippen LogP contribution in [0.15, 0.2) is 35.6 Å². The van der Waals surface area contributed by atoms with Crippen LogP contribution in [0.4, 0.5) is 0 Å². The third-order valence-electron chi connectivity index (χ3n) is 8.19. The fourth-order valence-corrected chi connectivity index (χ4v) is 7.11. The van der Waals surface area contributed by atoms with E-state index in [9.17, 15) is 0 Å². The molecule has 0 aromatic rings. The van der Waals surface area contributed by atoms with Crippen LogP contribution in [-0.4, -0.2) is 7.11 Å². The molecule has 2 saturated carbocycles. The third-order valence-corrected chi connectivity index (χ3v) is 8.19. The fourth-order valence-electron chi connectivity index (χ4n) is 7.11. The Morgan fingerprint density at radius 1 is 1.25 bits per heavy atom. The largest absolute Gasteiger partial charge is 0.501 e. The van der Waals surface area contributed by atoms with Crippen LogP contribution in [0.25, 0.3) is 0 Å². The predicted octanol–water partition coefficient (Wildman–Crippen LogP) is 6.14. The minimum atomic E-state index is 0.542. The predicted molar refractivity (Wildman–Crippen MR) is 100 cm³/mol. The summed E-state index contributed by atoms with van der Waals surface area (Å²) < 4.78 is 5.53. The number of methoxy groups -OCH3 is 1. The third kappa shape index (κ3) is 2.34. The van der Waals surface area contributed by atoms with Gasteiger partial charge in [-0.05, 0) is 91.6 Å². The summed E-state index contributed by atoms with van der Waals surface area (Å²) in [5.74, 6) is 6.43. The number of allylic oxidation sites excluding steroid dienone is 6. The highest BCUT2D eigenvalue weighted by atomic mass is 16.5. The van der Waals surface area contributed by atoms with Crippen molar-refractivity contribution in [1.82, 2.24) is 0 Å². The summed E-state index contributed by atoms with van der Waals surface area (Å²) in [6.45, 7) is 7.32. The van der Waals surface area contributed by atoms with Crippen molar-refractivity contribution in [2.75, 3.05) is 7.11 Å². The first-order valence-corrected chi connectivity index (χ1v) is 10.2. The maximum absolute atomic E-state index is 5.53. The summed E-state index contributed by atoms with van der Waals surface area (Å²) in [7, 11) is 1.83. The van der Waals surface area contributed by atoms with Crippen LogP contribution in [0.1, 0.15) is 59.3 Å². The van der Waals surface area contributed by atoms with Crippen LogP contribution in [0.3, 0.4) is 0 Å². The van der Waals surface area contributed by atoms with E-state index < -0.39 is 0 Å². The lowest BCUT2D eigenvalue weighted by Crippen LogP contribution is -2.45. The van der Waals surface area contributed by atoms with Gasteiger partial charge < -0.3 is 4.74 Å². The van der Waals surface area contributed by atoms with Gasteiger partial charge in [0.05, 0.1) is 12.9 Å². The molecule has 0 saturated heterocycles. The molecule has 7 unspecified atom stereocenters. The molecule has 0 amide bonds. The molecule has 0 heterocycles. The molecule has 1 nitrogen and oxygen atoms in total. The normalized spacial score (nSPS) is 47.5. The number of rotatable bonds is 2. The quantitative estimate of drug-likeness (QED) is 0.554. The Kier molecular flexibility index (Phi) is 4.17. The Labute approximate surface area is 148 Å². The first-order chi connectivity index (χ1) is 11.6. The maximum atomic E-state index is 5.53. The molecule has 4 rings (SSSR count). The molecule has 0 radical (unpaired) electrons. The Morgan fingerprint density at radius 3 is 2.83 bits per heavy atom. The topological polar surface area (TPSA) is 9.23 Å². The van der Waals surface area contributed by atoms with Crippen molar-refractivity contribution in [3.63, 3.8) is 0 Å². The second-order valence-corrected chi connectivity index (χ2v) is 9.14. The summed E-state index contributed by atoms with van der Waals surface area (Å²) in [5, 5.41) is 0. The minimum Gasteiger partial charge on any atom is -0.501 e. The molecule has 2 fully saturated rings. The van der Waals surface area contributed by atoms with E-state index in [4.69, 9.17) is 4.74 Å². The van der Waals surface area contributed by atoms with Crippen LogP contribution in [0.5, 0.6) is 0 Å². The molecule has 4 aliphatic carbocycles. The van der Waals surface area contributed by atoms with E-state index in [0.717, 1.165) is 41.9 Å². The van der Waals surface area contributed by atoms with Crippen molar-refractivity contribution in [3.05, 3.63) is 35.6 Å². The smallest absolute Gasteiger partial charge is 0.0958 e. The summed E-state index contributed by atoms with van der Waals surface area (Å²) >= 11 is 0. The Bertz CT molecular complexity index is 583. The van der Waals surface area contributed by atoms with Crippen LogP contribution in [-0.2, 0) is 4.74 Å². The van der Waals surface area contributed by atoms with Gasteiger partial charge in [-0.25, -0.2) is 0 Å². The van der Waals surface area contributed by atoms with E-state index in [1.807, 2.05) is 7.11 Å². The fraction of sp³-hybridized carbons (Fsp3) is 0.739. The van der Waals surface area contributed by atoms with Gasteiger partial charge in [-0.15, -0.1) is 0 Å². The zero-order valence-electron chi connectivity index (χ0n) is 15.9. The monoisotopic (exact) mass is 326 g/mol. The molecule has 7 atom stereocenters. The van der Waals surface area contributed by atoms with Crippen LogP contribution >= 0.6 is 0 Å². The van der Waals surface area contributed by atoms with E-state index in [1.54, 1.807) is 5.57 Å². The zero-order valence-corrected chi connectivity index (χ0v) is 15.9. The minimum absolute atomic E-state index is 0.542. The van der Waals surface area contributed by atoms with E-state index in [0.29, 0.717) is 5.41 Å². The molecule has 0 aromatic heterocycles. The summed E-state index contributed by atoms with van der Waals surface area (Å²) in [6, 6.07) is 0. The van der Waals surface area contributed by atoms with Gasteiger partial charge >= 0.3 is 0 Å². The van der Waals surface area contributed by atoms with Gasteiger partial charge in [0.1, 0.15) is 0 Å². The average Bonchev–Trinajstić information content (AvgIpc) is 2.85. The Hall–Kier alpha value is -0.980. The number of ether oxygens (including phenoxy) is 1. The van der Waals surface area contributed by atoms with Gasteiger partial charge in [0.15, 0.2) is 0 Å². The van der Waals surface area contributed by atoms with Gasteiger partial charge in [0, 0.05) is 6.42 Å². The molecular formula is C23H34O. The Balaban J connectivity index is 1.63.